The predicted octanol–water partition coefficient (Wildman–Crippen LogP) is 2.00. The lowest BCUT2D eigenvalue weighted by atomic mass is 9.77. The van der Waals surface area contributed by atoms with Gasteiger partial charge in [0.2, 0.25) is 11.8 Å². The van der Waals surface area contributed by atoms with Gasteiger partial charge in [0.05, 0.1) is 0 Å². The number of hydrogen-bond acceptors (Lipinski definition) is 4. The van der Waals surface area contributed by atoms with Crippen molar-refractivity contribution >= 4 is 23.2 Å². The summed E-state index contributed by atoms with van der Waals surface area (Å²) in [4.78, 5) is 43.6. The molecule has 0 unspecified atom stereocenters. The number of amides is 2. The minimum Gasteiger partial charge on any atom is -0.342 e. The molecule has 2 bridgehead atoms. The summed E-state index contributed by atoms with van der Waals surface area (Å²) >= 11 is 1.75. The van der Waals surface area contributed by atoms with Gasteiger partial charge in [0.1, 0.15) is 6.04 Å². The molecule has 3 aliphatic heterocycles. The molecule has 3 aliphatic rings. The van der Waals surface area contributed by atoms with Crippen molar-refractivity contribution in [1.29, 1.82) is 0 Å². The Morgan fingerprint density at radius 2 is 2.00 bits per heavy atom. The average molecular weight is 398 g/mol. The largest absolute Gasteiger partial charge is 0.342 e. The van der Waals surface area contributed by atoms with Gasteiger partial charge in [0, 0.05) is 61.6 Å². The molecular formula is C21H23N3O3S. The third kappa shape index (κ3) is 2.71. The lowest BCUT2D eigenvalue weighted by molar-refractivity contribution is -0.142. The first-order valence-electron chi connectivity index (χ1n) is 9.84. The second-order valence-corrected chi connectivity index (χ2v) is 9.10. The van der Waals surface area contributed by atoms with Crippen molar-refractivity contribution in [3.05, 3.63) is 56.1 Å². The fourth-order valence-electron chi connectivity index (χ4n) is 5.13. The van der Waals surface area contributed by atoms with Gasteiger partial charge in [-0.15, -0.1) is 11.3 Å². The quantitative estimate of drug-likeness (QED) is 0.739. The number of thiophene rings is 1. The zero-order chi connectivity index (χ0) is 19.4. The van der Waals surface area contributed by atoms with Crippen LogP contribution in [0, 0.1) is 5.92 Å². The number of pyridine rings is 1. The second-order valence-electron chi connectivity index (χ2n) is 8.10. The summed E-state index contributed by atoms with van der Waals surface area (Å²) in [5.41, 5.74) is 1.99. The van der Waals surface area contributed by atoms with E-state index >= 15 is 0 Å². The number of aromatic nitrogens is 1. The molecule has 2 amide bonds. The number of nitrogens with zero attached hydrogens (tertiary/aromatic N) is 3. The summed E-state index contributed by atoms with van der Waals surface area (Å²) in [7, 11) is 0. The van der Waals surface area contributed by atoms with Gasteiger partial charge in [-0.3, -0.25) is 19.0 Å². The summed E-state index contributed by atoms with van der Waals surface area (Å²) in [6, 6.07) is 6.82. The molecule has 146 valence electrons. The van der Waals surface area contributed by atoms with E-state index in [1.807, 2.05) is 15.9 Å². The molecule has 0 aromatic carbocycles. The Hall–Kier alpha value is -2.41. The molecule has 0 saturated carbocycles. The van der Waals surface area contributed by atoms with Gasteiger partial charge in [-0.25, -0.2) is 0 Å². The molecule has 2 aromatic heterocycles. The van der Waals surface area contributed by atoms with E-state index in [0.29, 0.717) is 26.2 Å². The van der Waals surface area contributed by atoms with Gasteiger partial charge in [0.15, 0.2) is 0 Å². The van der Waals surface area contributed by atoms with Crippen LogP contribution in [0.2, 0.25) is 0 Å². The highest BCUT2D eigenvalue weighted by Crippen LogP contribution is 2.42. The fraction of sp³-hybridized carbons (Fsp3) is 0.476. The normalized spacial score (nSPS) is 25.8. The van der Waals surface area contributed by atoms with Gasteiger partial charge in [-0.05, 0) is 35.9 Å². The SMILES string of the molecule is CC(=O)N1C[C@H]2C[C@@H](C1)[C@H](C(=O)N1CCc3sccc3C1)n1c2cccc1=O. The number of rotatable bonds is 1. The van der Waals surface area contributed by atoms with Crippen LogP contribution in [-0.2, 0) is 22.6 Å². The molecule has 0 N–H and O–H groups in total. The van der Waals surface area contributed by atoms with Crippen molar-refractivity contribution in [2.24, 2.45) is 5.92 Å². The first-order chi connectivity index (χ1) is 13.5. The second kappa shape index (κ2) is 6.58. The summed E-state index contributed by atoms with van der Waals surface area (Å²) in [5, 5.41) is 2.08. The van der Waals surface area contributed by atoms with Crippen LogP contribution in [0.15, 0.2) is 34.4 Å². The van der Waals surface area contributed by atoms with Crippen molar-refractivity contribution < 1.29 is 9.59 Å². The molecule has 6 nitrogen and oxygen atoms in total. The molecule has 3 atom stereocenters. The molecule has 1 fully saturated rings. The molecule has 0 spiro atoms. The molecule has 1 saturated heterocycles. The zero-order valence-corrected chi connectivity index (χ0v) is 16.7. The maximum Gasteiger partial charge on any atom is 0.251 e. The number of hydrogen-bond donors (Lipinski definition) is 0. The number of likely N-dealkylation sites (tertiary alicyclic amines) is 1. The Bertz CT molecular complexity index is 1010. The monoisotopic (exact) mass is 397 g/mol. The highest BCUT2D eigenvalue weighted by molar-refractivity contribution is 7.10. The van der Waals surface area contributed by atoms with E-state index in [4.69, 9.17) is 0 Å². The molecule has 0 aliphatic carbocycles. The molecule has 0 radical (unpaired) electrons. The standard InChI is InChI=1S/C21H23N3O3S/c1-13(25)23-11-15-9-16(12-23)20(24-17(15)3-2-4-19(24)26)21(27)22-7-5-18-14(10-22)6-8-28-18/h2-4,6,8,15-16,20H,5,7,9-12H2,1H3/t15-,16+,20-/m1/s1. The van der Waals surface area contributed by atoms with Crippen LogP contribution in [0.3, 0.4) is 0 Å². The maximum absolute atomic E-state index is 13.6. The summed E-state index contributed by atoms with van der Waals surface area (Å²) in [5.74, 6) is 0.144. The Labute approximate surface area is 167 Å². The number of piperidine rings is 1. The Morgan fingerprint density at radius 1 is 1.14 bits per heavy atom. The van der Waals surface area contributed by atoms with Gasteiger partial charge in [-0.2, -0.15) is 0 Å². The highest BCUT2D eigenvalue weighted by Gasteiger charge is 2.45. The predicted molar refractivity (Wildman–Crippen MR) is 106 cm³/mol. The minimum atomic E-state index is -0.526. The van der Waals surface area contributed by atoms with E-state index in [-0.39, 0.29) is 29.2 Å². The van der Waals surface area contributed by atoms with Gasteiger partial charge in [0.25, 0.3) is 5.56 Å². The van der Waals surface area contributed by atoms with Crippen molar-refractivity contribution in [1.82, 2.24) is 14.4 Å². The lowest BCUT2D eigenvalue weighted by Gasteiger charge is -2.47. The topological polar surface area (TPSA) is 62.6 Å². The van der Waals surface area contributed by atoms with Crippen LogP contribution in [0.1, 0.15) is 41.4 Å². The molecule has 7 heteroatoms. The van der Waals surface area contributed by atoms with E-state index in [9.17, 15) is 14.4 Å². The molecule has 5 heterocycles. The fourth-order valence-corrected chi connectivity index (χ4v) is 6.02. The van der Waals surface area contributed by atoms with Crippen molar-refractivity contribution in [2.75, 3.05) is 19.6 Å². The Kier molecular flexibility index (Phi) is 4.16. The summed E-state index contributed by atoms with van der Waals surface area (Å²) < 4.78 is 1.72. The van der Waals surface area contributed by atoms with E-state index < -0.39 is 6.04 Å². The highest BCUT2D eigenvalue weighted by atomic mass is 32.1. The van der Waals surface area contributed by atoms with Crippen LogP contribution in [-0.4, -0.2) is 45.8 Å². The number of fused-ring (bicyclic) bond motifs is 5. The van der Waals surface area contributed by atoms with Gasteiger partial charge < -0.3 is 9.80 Å². The first kappa shape index (κ1) is 17.7. The van der Waals surface area contributed by atoms with Crippen LogP contribution < -0.4 is 5.56 Å². The van der Waals surface area contributed by atoms with Crippen LogP contribution >= 0.6 is 11.3 Å². The van der Waals surface area contributed by atoms with Crippen LogP contribution in [0.5, 0.6) is 0 Å². The Balaban J connectivity index is 1.54. The zero-order valence-electron chi connectivity index (χ0n) is 15.8. The molecule has 28 heavy (non-hydrogen) atoms. The number of carbonyl (C=O) groups is 2. The van der Waals surface area contributed by atoms with Gasteiger partial charge in [-0.1, -0.05) is 6.07 Å². The van der Waals surface area contributed by atoms with E-state index in [0.717, 1.165) is 18.5 Å². The minimum absolute atomic E-state index is 0.0141. The average Bonchev–Trinajstić information content (AvgIpc) is 3.16. The number of carbonyl (C=O) groups excluding carboxylic acids is 2. The van der Waals surface area contributed by atoms with Crippen LogP contribution in [0.4, 0.5) is 0 Å². The molecular weight excluding hydrogens is 374 g/mol. The van der Waals surface area contributed by atoms with Crippen molar-refractivity contribution in [3.8, 4) is 0 Å². The summed E-state index contributed by atoms with van der Waals surface area (Å²) in [6.07, 6.45) is 1.72. The maximum atomic E-state index is 13.6. The molecule has 2 aromatic rings. The molecule has 5 rings (SSSR count). The van der Waals surface area contributed by atoms with E-state index in [2.05, 4.69) is 11.4 Å². The van der Waals surface area contributed by atoms with Crippen molar-refractivity contribution in [3.63, 3.8) is 0 Å². The third-order valence-electron chi connectivity index (χ3n) is 6.46. The van der Waals surface area contributed by atoms with Crippen LogP contribution in [0.25, 0.3) is 0 Å². The van der Waals surface area contributed by atoms with Gasteiger partial charge >= 0.3 is 0 Å². The lowest BCUT2D eigenvalue weighted by Crippen LogP contribution is -2.55. The smallest absolute Gasteiger partial charge is 0.251 e. The first-order valence-corrected chi connectivity index (χ1v) is 10.7. The summed E-state index contributed by atoms with van der Waals surface area (Å²) in [6.45, 7) is 4.04. The Morgan fingerprint density at radius 3 is 2.82 bits per heavy atom. The van der Waals surface area contributed by atoms with E-state index in [1.54, 1.807) is 35.0 Å². The van der Waals surface area contributed by atoms with E-state index in [1.165, 1.54) is 10.4 Å². The third-order valence-corrected chi connectivity index (χ3v) is 7.49. The van der Waals surface area contributed by atoms with Crippen molar-refractivity contribution in [2.45, 2.75) is 38.3 Å².